The van der Waals surface area contributed by atoms with Crippen LogP contribution in [0.5, 0.6) is 0 Å². The fourth-order valence-corrected chi connectivity index (χ4v) is 1.49. The van der Waals surface area contributed by atoms with Crippen LogP contribution in [-0.2, 0) is 4.74 Å². The number of hydrogen-bond acceptors (Lipinski definition) is 4. The zero-order chi connectivity index (χ0) is 16.4. The lowest BCUT2D eigenvalue weighted by Crippen LogP contribution is -2.23. The summed E-state index contributed by atoms with van der Waals surface area (Å²) in [6.45, 7) is 0.311. The van der Waals surface area contributed by atoms with E-state index in [1.54, 1.807) is 31.1 Å². The maximum Gasteiger partial charge on any atom is 0.273 e. The molecule has 0 aromatic heterocycles. The summed E-state index contributed by atoms with van der Waals surface area (Å²) in [7, 11) is 3.61. The Morgan fingerprint density at radius 3 is 2.24 bits per heavy atom. The van der Waals surface area contributed by atoms with Crippen LogP contribution in [-0.4, -0.2) is 41.8 Å². The Kier molecular flexibility index (Phi) is 10.0. The molecule has 1 aromatic carbocycles. The lowest BCUT2D eigenvalue weighted by molar-refractivity contribution is 0.0956. The molecule has 0 saturated carbocycles. The Morgan fingerprint density at radius 1 is 1.33 bits per heavy atom. The van der Waals surface area contributed by atoms with Gasteiger partial charge in [-0.25, -0.2) is 0 Å². The number of benzene rings is 1. The number of thiol groups is 1. The summed E-state index contributed by atoms with van der Waals surface area (Å²) in [5.74, 6) is 0.0547. The Hall–Kier alpha value is -1.12. The fourth-order valence-electron chi connectivity index (χ4n) is 1.14. The molecule has 0 bridgehead atoms. The van der Waals surface area contributed by atoms with E-state index in [0.29, 0.717) is 23.8 Å². The minimum atomic E-state index is -0.639. The number of carbonyl (C=O) groups is 2. The van der Waals surface area contributed by atoms with Gasteiger partial charge in [0.2, 0.25) is 0 Å². The number of carbonyl (C=O) groups excluding carboxylic acids is 2. The Bertz CT molecular complexity index is 489. The highest BCUT2D eigenvalue weighted by Gasteiger charge is 2.07. The van der Waals surface area contributed by atoms with Crippen molar-refractivity contribution < 1.29 is 14.3 Å². The van der Waals surface area contributed by atoms with E-state index in [9.17, 15) is 4.79 Å². The van der Waals surface area contributed by atoms with Gasteiger partial charge >= 0.3 is 0 Å². The predicted molar refractivity (Wildman–Crippen MR) is 93.9 cm³/mol. The normalized spacial score (nSPS) is 9.14. The molecule has 1 amide bonds. The van der Waals surface area contributed by atoms with Crippen molar-refractivity contribution in [2.45, 2.75) is 6.42 Å². The highest BCUT2D eigenvalue weighted by Crippen LogP contribution is 2.12. The fraction of sp³-hybridized carbons (Fsp3) is 0.308. The van der Waals surface area contributed by atoms with Gasteiger partial charge in [-0.05, 0) is 24.4 Å². The van der Waals surface area contributed by atoms with Gasteiger partial charge in [-0.15, -0.1) is 0 Å². The van der Waals surface area contributed by atoms with Gasteiger partial charge in [0.05, 0.1) is 6.61 Å². The van der Waals surface area contributed by atoms with Gasteiger partial charge in [-0.1, -0.05) is 40.7 Å². The third-order valence-electron chi connectivity index (χ3n) is 2.09. The molecule has 0 spiro atoms. The maximum atomic E-state index is 11.8. The van der Waals surface area contributed by atoms with Crippen molar-refractivity contribution in [1.82, 2.24) is 4.90 Å². The lowest BCUT2D eigenvalue weighted by atomic mass is 10.1. The highest BCUT2D eigenvalue weighted by molar-refractivity contribution is 9.10. The molecule has 0 aliphatic carbocycles. The number of ketones is 1. The molecule has 0 aliphatic rings. The molecule has 1 rings (SSSR count). The summed E-state index contributed by atoms with van der Waals surface area (Å²) >= 11 is 11.4. The van der Waals surface area contributed by atoms with Crippen molar-refractivity contribution >= 4 is 57.0 Å². The summed E-state index contributed by atoms with van der Waals surface area (Å²) < 4.78 is 6.20. The van der Waals surface area contributed by atoms with Gasteiger partial charge in [0.1, 0.15) is 0 Å². The molecule has 0 unspecified atom stereocenters. The first-order chi connectivity index (χ1) is 9.73. The number of nitrogens with two attached hydrogens (primary N) is 1. The number of nitrogens with zero attached hydrogens (tertiary/aromatic N) is 1. The van der Waals surface area contributed by atoms with E-state index in [2.05, 4.69) is 34.3 Å². The number of hydrogen-bond donors (Lipinski definition) is 2. The van der Waals surface area contributed by atoms with Gasteiger partial charge in [-0.3, -0.25) is 9.59 Å². The molecule has 1 aromatic rings. The molecule has 0 fully saturated rings. The van der Waals surface area contributed by atoms with Crippen LogP contribution < -0.4 is 5.73 Å². The zero-order valence-corrected chi connectivity index (χ0v) is 15.0. The maximum absolute atomic E-state index is 11.8. The molecule has 8 heteroatoms. The summed E-state index contributed by atoms with van der Waals surface area (Å²) in [5.41, 5.74) is 5.02. The van der Waals surface area contributed by atoms with Gasteiger partial charge < -0.3 is 15.4 Å². The summed E-state index contributed by atoms with van der Waals surface area (Å²) in [4.78, 5) is 22.5. The van der Waals surface area contributed by atoms with Crippen LogP contribution in [0.1, 0.15) is 16.8 Å². The SMILES string of the molecule is CN(C)C(=S)OCCC(=O)c1ccc(Br)cc1.NC(=O)S. The van der Waals surface area contributed by atoms with Crippen molar-refractivity contribution in [3.05, 3.63) is 34.3 Å². The topological polar surface area (TPSA) is 72.6 Å². The van der Waals surface area contributed by atoms with E-state index in [1.807, 2.05) is 12.1 Å². The minimum Gasteiger partial charge on any atom is -0.470 e. The van der Waals surface area contributed by atoms with E-state index in [0.717, 1.165) is 4.47 Å². The summed E-state index contributed by atoms with van der Waals surface area (Å²) in [6, 6.07) is 7.27. The van der Waals surface area contributed by atoms with Crippen LogP contribution in [0.15, 0.2) is 28.7 Å². The van der Waals surface area contributed by atoms with E-state index >= 15 is 0 Å². The molecule has 116 valence electrons. The molecular formula is C13H17BrN2O3S2. The number of Topliss-reactive ketones (excluding diaryl/α,β-unsaturated/α-hetero) is 1. The van der Waals surface area contributed by atoms with Crippen molar-refractivity contribution in [3.8, 4) is 0 Å². The molecular weight excluding hydrogens is 376 g/mol. The van der Waals surface area contributed by atoms with E-state index in [-0.39, 0.29) is 5.78 Å². The molecule has 0 saturated heterocycles. The average molecular weight is 393 g/mol. The number of primary amides is 1. The Morgan fingerprint density at radius 2 is 1.81 bits per heavy atom. The van der Waals surface area contributed by atoms with Gasteiger partial charge in [-0.2, -0.15) is 0 Å². The second-order valence-electron chi connectivity index (χ2n) is 4.03. The molecule has 0 atom stereocenters. The van der Waals surface area contributed by atoms with Crippen LogP contribution >= 0.6 is 40.8 Å². The smallest absolute Gasteiger partial charge is 0.273 e. The lowest BCUT2D eigenvalue weighted by Gasteiger charge is -2.13. The van der Waals surface area contributed by atoms with Gasteiger partial charge in [0, 0.05) is 30.6 Å². The first kappa shape index (κ1) is 19.9. The molecule has 2 N–H and O–H groups in total. The zero-order valence-electron chi connectivity index (χ0n) is 11.7. The third-order valence-corrected chi connectivity index (χ3v) is 3.10. The van der Waals surface area contributed by atoms with E-state index < -0.39 is 5.24 Å². The summed E-state index contributed by atoms with van der Waals surface area (Å²) in [5, 5.41) is -0.242. The second kappa shape index (κ2) is 10.6. The minimum absolute atomic E-state index is 0.0547. The monoisotopic (exact) mass is 392 g/mol. The molecule has 0 heterocycles. The first-order valence-electron chi connectivity index (χ1n) is 5.85. The number of thiocarbonyl (C=S) groups is 1. The first-order valence-corrected chi connectivity index (χ1v) is 7.50. The van der Waals surface area contributed by atoms with Crippen molar-refractivity contribution in [2.75, 3.05) is 20.7 Å². The van der Waals surface area contributed by atoms with Gasteiger partial charge in [0.25, 0.3) is 10.4 Å². The third kappa shape index (κ3) is 10.3. The number of amides is 1. The van der Waals surface area contributed by atoms with Crippen LogP contribution in [0.4, 0.5) is 4.79 Å². The highest BCUT2D eigenvalue weighted by atomic mass is 79.9. The van der Waals surface area contributed by atoms with Crippen LogP contribution in [0, 0.1) is 0 Å². The van der Waals surface area contributed by atoms with Crippen LogP contribution in [0.2, 0.25) is 0 Å². The van der Waals surface area contributed by atoms with Crippen LogP contribution in [0.25, 0.3) is 0 Å². The molecule has 0 aliphatic heterocycles. The quantitative estimate of drug-likeness (QED) is 0.468. The standard InChI is InChI=1S/C12H14BrNO2S.CH3NOS/c1-14(2)12(17)16-8-7-11(15)9-3-5-10(13)6-4-9;2-1(3)4/h3-6H,7-8H2,1-2H3;(H3,2,3,4). The molecule has 21 heavy (non-hydrogen) atoms. The van der Waals surface area contributed by atoms with Crippen molar-refractivity contribution in [1.29, 1.82) is 0 Å². The molecule has 5 nitrogen and oxygen atoms in total. The summed E-state index contributed by atoms with van der Waals surface area (Å²) in [6.07, 6.45) is 0.329. The number of halogens is 1. The van der Waals surface area contributed by atoms with E-state index in [4.69, 9.17) is 21.7 Å². The Balaban J connectivity index is 0.000000885. The van der Waals surface area contributed by atoms with Gasteiger partial charge in [0.15, 0.2) is 5.78 Å². The van der Waals surface area contributed by atoms with Crippen LogP contribution in [0.3, 0.4) is 0 Å². The van der Waals surface area contributed by atoms with E-state index in [1.165, 1.54) is 0 Å². The largest absolute Gasteiger partial charge is 0.470 e. The number of rotatable bonds is 4. The Labute approximate surface area is 143 Å². The van der Waals surface area contributed by atoms with Crippen molar-refractivity contribution in [2.24, 2.45) is 5.73 Å². The van der Waals surface area contributed by atoms with Crippen molar-refractivity contribution in [3.63, 3.8) is 0 Å². The second-order valence-corrected chi connectivity index (χ2v) is 5.73. The average Bonchev–Trinajstić information content (AvgIpc) is 2.38. The molecule has 0 radical (unpaired) electrons. The number of ether oxygens (including phenoxy) is 1. The predicted octanol–water partition coefficient (Wildman–Crippen LogP) is 2.88.